The van der Waals surface area contributed by atoms with E-state index in [1.807, 2.05) is 0 Å². The molecule has 0 amide bonds. The van der Waals surface area contributed by atoms with Gasteiger partial charge in [0.05, 0.1) is 0 Å². The molecule has 2 aliphatic rings. The van der Waals surface area contributed by atoms with Crippen LogP contribution in [0.15, 0.2) is 24.3 Å². The van der Waals surface area contributed by atoms with Crippen molar-refractivity contribution in [2.45, 2.75) is 30.7 Å². The van der Waals surface area contributed by atoms with E-state index >= 15 is 0 Å². The Bertz CT molecular complexity index is 335. The summed E-state index contributed by atoms with van der Waals surface area (Å²) < 4.78 is 0. The molecule has 2 aliphatic carbocycles. The predicted octanol–water partition coefficient (Wildman–Crippen LogP) is 2.01. The van der Waals surface area contributed by atoms with Crippen molar-refractivity contribution in [3.63, 3.8) is 0 Å². The van der Waals surface area contributed by atoms with Gasteiger partial charge >= 0.3 is 0 Å². The first-order valence-electron chi connectivity index (χ1n) is 4.88. The standard InChI is InChI=1S/C11H13NO/c13-12-11-6-7-5-10(11)9-4-2-1-3-8(7)9/h1-4,7,10-13H,5-6H2/t7-,10+,11-/m1/s1. The van der Waals surface area contributed by atoms with Crippen molar-refractivity contribution in [1.29, 1.82) is 0 Å². The summed E-state index contributed by atoms with van der Waals surface area (Å²) in [5.41, 5.74) is 5.40. The van der Waals surface area contributed by atoms with Crippen molar-refractivity contribution in [2.75, 3.05) is 0 Å². The molecule has 3 atom stereocenters. The molecule has 1 aromatic rings. The Morgan fingerprint density at radius 2 is 1.92 bits per heavy atom. The fourth-order valence-electron chi connectivity index (χ4n) is 3.00. The summed E-state index contributed by atoms with van der Waals surface area (Å²) >= 11 is 0. The molecule has 68 valence electrons. The van der Waals surface area contributed by atoms with Gasteiger partial charge in [-0.1, -0.05) is 24.3 Å². The summed E-state index contributed by atoms with van der Waals surface area (Å²) in [7, 11) is 0. The van der Waals surface area contributed by atoms with Crippen LogP contribution in [0.4, 0.5) is 0 Å². The zero-order chi connectivity index (χ0) is 8.84. The van der Waals surface area contributed by atoms with Gasteiger partial charge in [-0.15, -0.1) is 0 Å². The maximum Gasteiger partial charge on any atom is 0.0394 e. The van der Waals surface area contributed by atoms with Crippen LogP contribution in [-0.4, -0.2) is 11.2 Å². The van der Waals surface area contributed by atoms with Crippen molar-refractivity contribution >= 4 is 0 Å². The van der Waals surface area contributed by atoms with Gasteiger partial charge in [0.25, 0.3) is 0 Å². The molecule has 0 heterocycles. The van der Waals surface area contributed by atoms with E-state index in [9.17, 15) is 0 Å². The lowest BCUT2D eigenvalue weighted by Crippen LogP contribution is -2.30. The third kappa shape index (κ3) is 0.901. The molecule has 0 saturated heterocycles. The number of nitrogens with one attached hydrogen (secondary N) is 1. The Morgan fingerprint density at radius 3 is 2.69 bits per heavy atom. The van der Waals surface area contributed by atoms with Gasteiger partial charge in [-0.3, -0.25) is 0 Å². The van der Waals surface area contributed by atoms with E-state index in [1.165, 1.54) is 17.5 Å². The first-order chi connectivity index (χ1) is 6.40. The molecule has 2 nitrogen and oxygen atoms in total. The molecule has 3 rings (SSSR count). The molecule has 1 aromatic carbocycles. The molecule has 2 N–H and O–H groups in total. The fraction of sp³-hybridized carbons (Fsp3) is 0.455. The number of rotatable bonds is 1. The van der Waals surface area contributed by atoms with E-state index in [0.29, 0.717) is 17.9 Å². The molecular weight excluding hydrogens is 162 g/mol. The van der Waals surface area contributed by atoms with Gasteiger partial charge in [-0.2, -0.15) is 0 Å². The first kappa shape index (κ1) is 7.54. The number of benzene rings is 1. The molecule has 0 unspecified atom stereocenters. The van der Waals surface area contributed by atoms with E-state index in [2.05, 4.69) is 29.7 Å². The first-order valence-corrected chi connectivity index (χ1v) is 4.88. The average Bonchev–Trinajstić information content (AvgIpc) is 2.75. The van der Waals surface area contributed by atoms with Crippen LogP contribution in [0.5, 0.6) is 0 Å². The van der Waals surface area contributed by atoms with Gasteiger partial charge in [0, 0.05) is 12.0 Å². The van der Waals surface area contributed by atoms with Crippen molar-refractivity contribution < 1.29 is 5.21 Å². The summed E-state index contributed by atoms with van der Waals surface area (Å²) in [4.78, 5) is 0. The van der Waals surface area contributed by atoms with Gasteiger partial charge < -0.3 is 5.21 Å². The van der Waals surface area contributed by atoms with Gasteiger partial charge in [0.2, 0.25) is 0 Å². The van der Waals surface area contributed by atoms with Gasteiger partial charge in [-0.25, -0.2) is 5.48 Å². The van der Waals surface area contributed by atoms with Crippen molar-refractivity contribution in [3.05, 3.63) is 35.4 Å². The zero-order valence-corrected chi connectivity index (χ0v) is 7.40. The molecule has 2 heteroatoms. The molecular formula is C11H13NO. The second-order valence-electron chi connectivity index (χ2n) is 4.14. The highest BCUT2D eigenvalue weighted by Gasteiger charge is 2.43. The van der Waals surface area contributed by atoms with Crippen LogP contribution in [0.25, 0.3) is 0 Å². The smallest absolute Gasteiger partial charge is 0.0394 e. The van der Waals surface area contributed by atoms with Crippen molar-refractivity contribution in [3.8, 4) is 0 Å². The van der Waals surface area contributed by atoms with E-state index < -0.39 is 0 Å². The van der Waals surface area contributed by atoms with E-state index in [4.69, 9.17) is 5.21 Å². The second-order valence-corrected chi connectivity index (χ2v) is 4.14. The molecule has 0 aliphatic heterocycles. The highest BCUT2D eigenvalue weighted by atomic mass is 16.5. The molecule has 1 fully saturated rings. The van der Waals surface area contributed by atoms with Crippen LogP contribution >= 0.6 is 0 Å². The second kappa shape index (κ2) is 2.56. The molecule has 13 heavy (non-hydrogen) atoms. The third-order valence-corrected chi connectivity index (χ3v) is 3.56. The van der Waals surface area contributed by atoms with Crippen LogP contribution in [0.2, 0.25) is 0 Å². The zero-order valence-electron chi connectivity index (χ0n) is 7.40. The number of fused-ring (bicyclic) bond motifs is 5. The van der Waals surface area contributed by atoms with Crippen LogP contribution in [-0.2, 0) is 0 Å². The van der Waals surface area contributed by atoms with Crippen LogP contribution < -0.4 is 5.48 Å². The highest BCUT2D eigenvalue weighted by molar-refractivity contribution is 5.42. The Labute approximate surface area is 77.5 Å². The molecule has 0 radical (unpaired) electrons. The Balaban J connectivity index is 2.07. The summed E-state index contributed by atoms with van der Waals surface area (Å²) in [6.07, 6.45) is 2.32. The van der Waals surface area contributed by atoms with Crippen molar-refractivity contribution in [2.24, 2.45) is 0 Å². The van der Waals surface area contributed by atoms with Gasteiger partial charge in [0.15, 0.2) is 0 Å². The molecule has 0 aromatic heterocycles. The summed E-state index contributed by atoms with van der Waals surface area (Å²) in [5.74, 6) is 1.23. The Kier molecular flexibility index (Phi) is 1.49. The number of hydrogen-bond acceptors (Lipinski definition) is 2. The summed E-state index contributed by atoms with van der Waals surface area (Å²) in [6, 6.07) is 8.92. The fourth-order valence-corrected chi connectivity index (χ4v) is 3.00. The minimum atomic E-state index is 0.292. The number of hydrogen-bond donors (Lipinski definition) is 2. The SMILES string of the molecule is ON[C@@H]1C[C@H]2C[C@H]1c1ccccc12. The maximum absolute atomic E-state index is 8.96. The lowest BCUT2D eigenvalue weighted by molar-refractivity contribution is 0.118. The molecule has 2 bridgehead atoms. The highest BCUT2D eigenvalue weighted by Crippen LogP contribution is 2.52. The average molecular weight is 175 g/mol. The Morgan fingerprint density at radius 1 is 1.15 bits per heavy atom. The van der Waals surface area contributed by atoms with E-state index in [0.717, 1.165) is 6.42 Å². The van der Waals surface area contributed by atoms with Crippen LogP contribution in [0, 0.1) is 0 Å². The van der Waals surface area contributed by atoms with Crippen LogP contribution in [0.3, 0.4) is 0 Å². The normalized spacial score (nSPS) is 35.0. The predicted molar refractivity (Wildman–Crippen MR) is 49.9 cm³/mol. The Hall–Kier alpha value is -0.860. The number of hydroxylamine groups is 1. The minimum absolute atomic E-state index is 0.292. The third-order valence-electron chi connectivity index (χ3n) is 3.56. The molecule has 1 saturated carbocycles. The molecule has 0 spiro atoms. The summed E-state index contributed by atoms with van der Waals surface area (Å²) in [6.45, 7) is 0. The minimum Gasteiger partial charge on any atom is -0.317 e. The van der Waals surface area contributed by atoms with Gasteiger partial charge in [0.1, 0.15) is 0 Å². The maximum atomic E-state index is 8.96. The lowest BCUT2D eigenvalue weighted by Gasteiger charge is -2.22. The van der Waals surface area contributed by atoms with E-state index in [-0.39, 0.29) is 0 Å². The van der Waals surface area contributed by atoms with Crippen LogP contribution in [0.1, 0.15) is 35.8 Å². The summed E-state index contributed by atoms with van der Waals surface area (Å²) in [5, 5.41) is 8.96. The quantitative estimate of drug-likeness (QED) is 0.640. The monoisotopic (exact) mass is 175 g/mol. The van der Waals surface area contributed by atoms with Gasteiger partial charge in [-0.05, 0) is 29.9 Å². The largest absolute Gasteiger partial charge is 0.317 e. The lowest BCUT2D eigenvalue weighted by atomic mass is 9.89. The topological polar surface area (TPSA) is 32.3 Å². The van der Waals surface area contributed by atoms with Crippen molar-refractivity contribution in [1.82, 2.24) is 5.48 Å². The van der Waals surface area contributed by atoms with E-state index in [1.54, 1.807) is 0 Å².